The average molecular weight is 291 g/mol. The standard InChI is InChI=1S/C17H13N3O2/c1-22-12-8-6-11(7-9-12)16-18-10-15-13-4-2-3-5-14(13)19-17(21)20(15)16/h2-10H,1H3,(H,19,21). The molecule has 0 saturated carbocycles. The summed E-state index contributed by atoms with van der Waals surface area (Å²) in [4.78, 5) is 19.7. The van der Waals surface area contributed by atoms with Crippen LogP contribution in [0.4, 0.5) is 0 Å². The van der Waals surface area contributed by atoms with Crippen molar-refractivity contribution < 1.29 is 4.74 Å². The highest BCUT2D eigenvalue weighted by molar-refractivity contribution is 5.93. The van der Waals surface area contributed by atoms with Gasteiger partial charge in [-0.3, -0.25) is 0 Å². The van der Waals surface area contributed by atoms with Gasteiger partial charge in [-0.15, -0.1) is 0 Å². The van der Waals surface area contributed by atoms with E-state index in [0.29, 0.717) is 5.82 Å². The fourth-order valence-corrected chi connectivity index (χ4v) is 2.68. The molecule has 0 fully saturated rings. The maximum absolute atomic E-state index is 12.4. The Labute approximate surface area is 125 Å². The van der Waals surface area contributed by atoms with Gasteiger partial charge < -0.3 is 9.72 Å². The van der Waals surface area contributed by atoms with Crippen molar-refractivity contribution in [2.24, 2.45) is 0 Å². The Hall–Kier alpha value is -3.08. The third-order valence-electron chi connectivity index (χ3n) is 3.76. The molecule has 2 aromatic heterocycles. The van der Waals surface area contributed by atoms with Crippen LogP contribution in [-0.4, -0.2) is 21.5 Å². The predicted octanol–water partition coefficient (Wildman–Crippen LogP) is 2.85. The van der Waals surface area contributed by atoms with Crippen LogP contribution < -0.4 is 10.4 Å². The molecule has 0 aliphatic heterocycles. The lowest BCUT2D eigenvalue weighted by atomic mass is 10.2. The molecule has 4 rings (SSSR count). The van der Waals surface area contributed by atoms with E-state index in [1.165, 1.54) is 0 Å². The molecule has 0 atom stereocenters. The molecule has 22 heavy (non-hydrogen) atoms. The highest BCUT2D eigenvalue weighted by atomic mass is 16.5. The number of fused-ring (bicyclic) bond motifs is 3. The number of nitrogens with one attached hydrogen (secondary N) is 1. The molecule has 0 spiro atoms. The second kappa shape index (κ2) is 4.73. The number of imidazole rings is 1. The van der Waals surface area contributed by atoms with Gasteiger partial charge in [0.2, 0.25) is 0 Å². The van der Waals surface area contributed by atoms with Crippen LogP contribution in [0.2, 0.25) is 0 Å². The van der Waals surface area contributed by atoms with E-state index >= 15 is 0 Å². The Kier molecular flexibility index (Phi) is 2.72. The summed E-state index contributed by atoms with van der Waals surface area (Å²) in [6.45, 7) is 0. The van der Waals surface area contributed by atoms with Crippen molar-refractivity contribution in [3.63, 3.8) is 0 Å². The normalized spacial score (nSPS) is 11.1. The van der Waals surface area contributed by atoms with Crippen molar-refractivity contribution in [2.75, 3.05) is 7.11 Å². The van der Waals surface area contributed by atoms with Crippen LogP contribution in [-0.2, 0) is 0 Å². The van der Waals surface area contributed by atoms with E-state index in [2.05, 4.69) is 9.97 Å². The van der Waals surface area contributed by atoms with Crippen molar-refractivity contribution >= 4 is 16.4 Å². The minimum atomic E-state index is -0.197. The zero-order chi connectivity index (χ0) is 15.1. The van der Waals surface area contributed by atoms with Gasteiger partial charge in [-0.2, -0.15) is 0 Å². The fourth-order valence-electron chi connectivity index (χ4n) is 2.68. The second-order valence-corrected chi connectivity index (χ2v) is 5.01. The molecule has 0 aliphatic rings. The Bertz CT molecular complexity index is 1030. The summed E-state index contributed by atoms with van der Waals surface area (Å²) in [6, 6.07) is 15.2. The number of para-hydroxylation sites is 1. The zero-order valence-electron chi connectivity index (χ0n) is 11.9. The van der Waals surface area contributed by atoms with Crippen LogP contribution in [0, 0.1) is 0 Å². The summed E-state index contributed by atoms with van der Waals surface area (Å²) in [5.41, 5.74) is 2.27. The molecule has 4 aromatic rings. The Morgan fingerprint density at radius 3 is 2.64 bits per heavy atom. The van der Waals surface area contributed by atoms with Crippen LogP contribution >= 0.6 is 0 Å². The number of H-pyrrole nitrogens is 1. The summed E-state index contributed by atoms with van der Waals surface area (Å²) in [7, 11) is 1.62. The zero-order valence-corrected chi connectivity index (χ0v) is 11.9. The largest absolute Gasteiger partial charge is 0.497 e. The number of aromatic nitrogens is 3. The van der Waals surface area contributed by atoms with Gasteiger partial charge in [-0.05, 0) is 30.3 Å². The van der Waals surface area contributed by atoms with Crippen molar-refractivity contribution in [3.05, 3.63) is 65.2 Å². The van der Waals surface area contributed by atoms with Gasteiger partial charge in [0, 0.05) is 10.9 Å². The molecule has 0 bridgehead atoms. The molecular weight excluding hydrogens is 278 g/mol. The van der Waals surface area contributed by atoms with Crippen molar-refractivity contribution in [1.29, 1.82) is 0 Å². The number of aromatic amines is 1. The first-order chi connectivity index (χ1) is 10.8. The monoisotopic (exact) mass is 291 g/mol. The van der Waals surface area contributed by atoms with Gasteiger partial charge >= 0.3 is 5.69 Å². The molecule has 0 unspecified atom stereocenters. The lowest BCUT2D eigenvalue weighted by Gasteiger charge is -2.04. The molecule has 0 radical (unpaired) electrons. The molecule has 0 amide bonds. The third-order valence-corrected chi connectivity index (χ3v) is 3.76. The summed E-state index contributed by atoms with van der Waals surface area (Å²) in [5.74, 6) is 1.38. The van der Waals surface area contributed by atoms with Crippen LogP contribution in [0.1, 0.15) is 0 Å². The highest BCUT2D eigenvalue weighted by Gasteiger charge is 2.12. The molecule has 108 valence electrons. The maximum atomic E-state index is 12.4. The van der Waals surface area contributed by atoms with Crippen LogP contribution in [0.5, 0.6) is 5.75 Å². The summed E-state index contributed by atoms with van der Waals surface area (Å²) >= 11 is 0. The first-order valence-electron chi connectivity index (χ1n) is 6.91. The lowest BCUT2D eigenvalue weighted by Crippen LogP contribution is -2.17. The van der Waals surface area contributed by atoms with Gasteiger partial charge in [0.25, 0.3) is 0 Å². The molecule has 2 heterocycles. The Morgan fingerprint density at radius 1 is 1.09 bits per heavy atom. The van der Waals surface area contributed by atoms with Crippen LogP contribution in [0.15, 0.2) is 59.5 Å². The van der Waals surface area contributed by atoms with E-state index < -0.39 is 0 Å². The van der Waals surface area contributed by atoms with Gasteiger partial charge in [-0.1, -0.05) is 18.2 Å². The van der Waals surface area contributed by atoms with Gasteiger partial charge in [0.05, 0.1) is 24.3 Å². The van der Waals surface area contributed by atoms with E-state index in [9.17, 15) is 4.79 Å². The maximum Gasteiger partial charge on any atom is 0.332 e. The minimum absolute atomic E-state index is 0.197. The average Bonchev–Trinajstić information content (AvgIpc) is 3.01. The van der Waals surface area contributed by atoms with Crippen molar-refractivity contribution in [3.8, 4) is 17.1 Å². The van der Waals surface area contributed by atoms with E-state index in [-0.39, 0.29) is 5.69 Å². The summed E-state index contributed by atoms with van der Waals surface area (Å²) in [5, 5.41) is 0.967. The first-order valence-corrected chi connectivity index (χ1v) is 6.91. The number of benzene rings is 2. The Morgan fingerprint density at radius 2 is 1.86 bits per heavy atom. The molecule has 0 saturated heterocycles. The number of ether oxygens (including phenoxy) is 1. The van der Waals surface area contributed by atoms with E-state index in [4.69, 9.17) is 4.74 Å². The molecule has 2 aromatic carbocycles. The number of rotatable bonds is 2. The van der Waals surface area contributed by atoms with Crippen molar-refractivity contribution in [2.45, 2.75) is 0 Å². The van der Waals surface area contributed by atoms with Crippen LogP contribution in [0.3, 0.4) is 0 Å². The van der Waals surface area contributed by atoms with Gasteiger partial charge in [0.1, 0.15) is 11.6 Å². The number of methoxy groups -OCH3 is 1. The van der Waals surface area contributed by atoms with E-state index in [0.717, 1.165) is 27.7 Å². The van der Waals surface area contributed by atoms with Crippen molar-refractivity contribution in [1.82, 2.24) is 14.4 Å². The minimum Gasteiger partial charge on any atom is -0.497 e. The smallest absolute Gasteiger partial charge is 0.332 e. The summed E-state index contributed by atoms with van der Waals surface area (Å²) < 4.78 is 6.76. The quantitative estimate of drug-likeness (QED) is 0.618. The number of hydrogen-bond acceptors (Lipinski definition) is 3. The van der Waals surface area contributed by atoms with Crippen LogP contribution in [0.25, 0.3) is 27.8 Å². The molecule has 1 N–H and O–H groups in total. The molecule has 5 nitrogen and oxygen atoms in total. The first kappa shape index (κ1) is 12.6. The highest BCUT2D eigenvalue weighted by Crippen LogP contribution is 2.24. The number of nitrogens with zero attached hydrogens (tertiary/aromatic N) is 2. The fraction of sp³-hybridized carbons (Fsp3) is 0.0588. The summed E-state index contributed by atoms with van der Waals surface area (Å²) in [6.07, 6.45) is 1.73. The third kappa shape index (κ3) is 1.79. The molecular formula is C17H13N3O2. The van der Waals surface area contributed by atoms with Gasteiger partial charge in [-0.25, -0.2) is 14.2 Å². The number of hydrogen-bond donors (Lipinski definition) is 1. The topological polar surface area (TPSA) is 59.4 Å². The second-order valence-electron chi connectivity index (χ2n) is 5.01. The SMILES string of the molecule is COc1ccc(-c2ncc3c4ccccc4[nH]c(=O)n23)cc1. The Balaban J connectivity index is 2.03. The molecule has 5 heteroatoms. The predicted molar refractivity (Wildman–Crippen MR) is 85.3 cm³/mol. The molecule has 0 aliphatic carbocycles. The van der Waals surface area contributed by atoms with E-state index in [1.807, 2.05) is 48.5 Å². The van der Waals surface area contributed by atoms with Gasteiger partial charge in [0.15, 0.2) is 0 Å². The van der Waals surface area contributed by atoms with E-state index in [1.54, 1.807) is 17.7 Å². The lowest BCUT2D eigenvalue weighted by molar-refractivity contribution is 0.415.